The van der Waals surface area contributed by atoms with Crippen molar-refractivity contribution in [3.8, 4) is 10.4 Å². The SMILES string of the molecule is NC(=O)c1cc(-c2cccs2)cc2c(CC3CCS(=O)(=O)CC3)c[nH]c12. The molecule has 1 fully saturated rings. The number of benzene rings is 1. The van der Waals surface area contributed by atoms with Crippen LogP contribution in [-0.2, 0) is 16.3 Å². The average Bonchev–Trinajstić information content (AvgIpc) is 3.26. The van der Waals surface area contributed by atoms with Gasteiger partial charge in [-0.1, -0.05) is 6.07 Å². The van der Waals surface area contributed by atoms with Gasteiger partial charge in [-0.05, 0) is 59.9 Å². The minimum absolute atomic E-state index is 0.271. The number of primary amides is 1. The third-order valence-corrected chi connectivity index (χ3v) is 7.76. The van der Waals surface area contributed by atoms with Gasteiger partial charge in [0.05, 0.1) is 22.6 Å². The molecule has 0 radical (unpaired) electrons. The van der Waals surface area contributed by atoms with Gasteiger partial charge in [0.15, 0.2) is 0 Å². The molecule has 0 bridgehead atoms. The van der Waals surface area contributed by atoms with Crippen LogP contribution in [0.15, 0.2) is 35.8 Å². The van der Waals surface area contributed by atoms with Crippen molar-refractivity contribution in [3.63, 3.8) is 0 Å². The topological polar surface area (TPSA) is 93.0 Å². The smallest absolute Gasteiger partial charge is 0.250 e. The van der Waals surface area contributed by atoms with E-state index in [2.05, 4.69) is 11.1 Å². The minimum atomic E-state index is -2.86. The Labute approximate surface area is 156 Å². The van der Waals surface area contributed by atoms with Crippen LogP contribution < -0.4 is 5.73 Å². The summed E-state index contributed by atoms with van der Waals surface area (Å²) in [7, 11) is -2.86. The molecular formula is C19H20N2O3S2. The molecule has 136 valence electrons. The van der Waals surface area contributed by atoms with Gasteiger partial charge in [0.1, 0.15) is 9.84 Å². The number of nitrogens with two attached hydrogens (primary N) is 1. The second-order valence-corrected chi connectivity index (χ2v) is 10.2. The Morgan fingerprint density at radius 3 is 2.69 bits per heavy atom. The van der Waals surface area contributed by atoms with E-state index < -0.39 is 15.7 Å². The van der Waals surface area contributed by atoms with E-state index in [4.69, 9.17) is 5.73 Å². The number of nitrogens with one attached hydrogen (secondary N) is 1. The Morgan fingerprint density at radius 1 is 1.27 bits per heavy atom. The molecule has 0 unspecified atom stereocenters. The lowest BCUT2D eigenvalue weighted by Crippen LogP contribution is -2.24. The second kappa shape index (κ2) is 6.55. The molecule has 3 N–H and O–H groups in total. The van der Waals surface area contributed by atoms with Crippen molar-refractivity contribution >= 4 is 38.0 Å². The Hall–Kier alpha value is -2.12. The van der Waals surface area contributed by atoms with Crippen LogP contribution >= 0.6 is 11.3 Å². The molecule has 3 aromatic rings. The minimum Gasteiger partial charge on any atom is -0.366 e. The first-order chi connectivity index (χ1) is 12.4. The molecular weight excluding hydrogens is 368 g/mol. The van der Waals surface area contributed by atoms with Gasteiger partial charge < -0.3 is 10.7 Å². The van der Waals surface area contributed by atoms with Gasteiger partial charge in [0.2, 0.25) is 0 Å². The summed E-state index contributed by atoms with van der Waals surface area (Å²) in [5, 5.41) is 3.00. The molecule has 26 heavy (non-hydrogen) atoms. The zero-order valence-electron chi connectivity index (χ0n) is 14.2. The predicted molar refractivity (Wildman–Crippen MR) is 105 cm³/mol. The number of amides is 1. The van der Waals surface area contributed by atoms with E-state index in [0.717, 1.165) is 33.3 Å². The molecule has 0 saturated carbocycles. The number of hydrogen-bond acceptors (Lipinski definition) is 4. The number of aromatic amines is 1. The summed E-state index contributed by atoms with van der Waals surface area (Å²) in [6, 6.07) is 7.94. The molecule has 1 aromatic carbocycles. The van der Waals surface area contributed by atoms with Gasteiger partial charge in [-0.25, -0.2) is 8.42 Å². The van der Waals surface area contributed by atoms with E-state index in [0.29, 0.717) is 24.3 Å². The number of fused-ring (bicyclic) bond motifs is 1. The standard InChI is InChI=1S/C19H20N2O3S2/c20-19(22)16-10-13(17-2-1-5-25-17)9-15-14(11-21-18(15)16)8-12-3-6-26(23,24)7-4-12/h1-2,5,9-12,21H,3-4,6-8H2,(H2,20,22). The maximum Gasteiger partial charge on any atom is 0.250 e. The Balaban J connectivity index is 1.73. The lowest BCUT2D eigenvalue weighted by molar-refractivity contribution is 0.100. The van der Waals surface area contributed by atoms with E-state index in [9.17, 15) is 13.2 Å². The van der Waals surface area contributed by atoms with Crippen molar-refractivity contribution in [2.24, 2.45) is 11.7 Å². The van der Waals surface area contributed by atoms with Gasteiger partial charge in [-0.15, -0.1) is 11.3 Å². The molecule has 1 saturated heterocycles. The van der Waals surface area contributed by atoms with Crippen molar-refractivity contribution in [1.29, 1.82) is 0 Å². The van der Waals surface area contributed by atoms with Crippen LogP contribution in [0, 0.1) is 5.92 Å². The van der Waals surface area contributed by atoms with E-state index in [1.807, 2.05) is 29.8 Å². The molecule has 3 heterocycles. The van der Waals surface area contributed by atoms with Crippen molar-refractivity contribution in [2.75, 3.05) is 11.5 Å². The molecule has 2 aromatic heterocycles. The van der Waals surface area contributed by atoms with Gasteiger partial charge in [-0.3, -0.25) is 4.79 Å². The third-order valence-electron chi connectivity index (χ3n) is 5.13. The van der Waals surface area contributed by atoms with Crippen LogP contribution in [0.2, 0.25) is 0 Å². The van der Waals surface area contributed by atoms with Crippen LogP contribution in [0.1, 0.15) is 28.8 Å². The summed E-state index contributed by atoms with van der Waals surface area (Å²) >= 11 is 1.62. The number of sulfone groups is 1. The van der Waals surface area contributed by atoms with Gasteiger partial charge in [0, 0.05) is 16.5 Å². The van der Waals surface area contributed by atoms with Gasteiger partial charge in [0.25, 0.3) is 5.91 Å². The maximum absolute atomic E-state index is 11.9. The number of rotatable bonds is 4. The highest BCUT2D eigenvalue weighted by Crippen LogP contribution is 2.33. The molecule has 4 rings (SSSR count). The number of carbonyl (C=O) groups excluding carboxylic acids is 1. The fraction of sp³-hybridized carbons (Fsp3) is 0.316. The van der Waals surface area contributed by atoms with Crippen molar-refractivity contribution in [2.45, 2.75) is 19.3 Å². The maximum atomic E-state index is 11.9. The number of thiophene rings is 1. The van der Waals surface area contributed by atoms with Crippen LogP contribution in [0.5, 0.6) is 0 Å². The first-order valence-corrected chi connectivity index (χ1v) is 11.3. The fourth-order valence-corrected chi connectivity index (χ4v) is 5.99. The summed E-state index contributed by atoms with van der Waals surface area (Å²) in [5.41, 5.74) is 8.95. The van der Waals surface area contributed by atoms with E-state index >= 15 is 0 Å². The Bertz CT molecular complexity index is 1050. The molecule has 1 amide bonds. The lowest BCUT2D eigenvalue weighted by atomic mass is 9.93. The van der Waals surface area contributed by atoms with Crippen LogP contribution in [0.25, 0.3) is 21.3 Å². The van der Waals surface area contributed by atoms with E-state index in [-0.39, 0.29) is 11.5 Å². The monoisotopic (exact) mass is 388 g/mol. The quantitative estimate of drug-likeness (QED) is 0.718. The highest BCUT2D eigenvalue weighted by Gasteiger charge is 2.25. The van der Waals surface area contributed by atoms with Crippen molar-refractivity contribution in [3.05, 3.63) is 47.0 Å². The summed E-state index contributed by atoms with van der Waals surface area (Å²) in [5.74, 6) is 0.436. The summed E-state index contributed by atoms with van der Waals surface area (Å²) in [6.45, 7) is 0. The Morgan fingerprint density at radius 2 is 2.04 bits per heavy atom. The normalized spacial score (nSPS) is 17.5. The molecule has 0 atom stereocenters. The molecule has 0 spiro atoms. The highest BCUT2D eigenvalue weighted by molar-refractivity contribution is 7.91. The number of aromatic nitrogens is 1. The number of carbonyl (C=O) groups is 1. The predicted octanol–water partition coefficient (Wildman–Crippen LogP) is 3.36. The Kier molecular flexibility index (Phi) is 4.36. The van der Waals surface area contributed by atoms with Gasteiger partial charge in [-0.2, -0.15) is 0 Å². The highest BCUT2D eigenvalue weighted by atomic mass is 32.2. The summed E-state index contributed by atoms with van der Waals surface area (Å²) in [4.78, 5) is 16.2. The molecule has 1 aliphatic rings. The third kappa shape index (κ3) is 3.29. The largest absolute Gasteiger partial charge is 0.366 e. The fourth-order valence-electron chi connectivity index (χ4n) is 3.69. The number of H-pyrrole nitrogens is 1. The zero-order valence-corrected chi connectivity index (χ0v) is 15.8. The van der Waals surface area contributed by atoms with Crippen molar-refractivity contribution in [1.82, 2.24) is 4.98 Å². The molecule has 1 aliphatic heterocycles. The average molecular weight is 389 g/mol. The molecule has 5 nitrogen and oxygen atoms in total. The second-order valence-electron chi connectivity index (χ2n) is 6.90. The molecule has 0 aliphatic carbocycles. The van der Waals surface area contributed by atoms with Crippen LogP contribution in [-0.4, -0.2) is 30.8 Å². The zero-order chi connectivity index (χ0) is 18.3. The number of hydrogen-bond donors (Lipinski definition) is 2. The summed E-state index contributed by atoms with van der Waals surface area (Å²) < 4.78 is 23.3. The first-order valence-electron chi connectivity index (χ1n) is 8.61. The van der Waals surface area contributed by atoms with E-state index in [1.54, 1.807) is 11.3 Å². The van der Waals surface area contributed by atoms with E-state index in [1.165, 1.54) is 0 Å². The van der Waals surface area contributed by atoms with Crippen molar-refractivity contribution < 1.29 is 13.2 Å². The lowest BCUT2D eigenvalue weighted by Gasteiger charge is -2.21. The van der Waals surface area contributed by atoms with Crippen LogP contribution in [0.4, 0.5) is 0 Å². The summed E-state index contributed by atoms with van der Waals surface area (Å²) in [6.07, 6.45) is 4.13. The molecule has 7 heteroatoms. The first kappa shape index (κ1) is 17.3. The van der Waals surface area contributed by atoms with Crippen LogP contribution in [0.3, 0.4) is 0 Å². The van der Waals surface area contributed by atoms with Gasteiger partial charge >= 0.3 is 0 Å².